The number of aromatic nitrogens is 1. The summed E-state index contributed by atoms with van der Waals surface area (Å²) in [5, 5.41) is 3.43. The second kappa shape index (κ2) is 11.7. The van der Waals surface area contributed by atoms with E-state index in [1.54, 1.807) is 68.9 Å². The molecule has 0 atom stereocenters. The Morgan fingerprint density at radius 1 is 0.861 bits per heavy atom. The second-order valence-electron chi connectivity index (χ2n) is 7.58. The van der Waals surface area contributed by atoms with Crippen LogP contribution in [0, 0.1) is 5.82 Å². The SMILES string of the molecule is COc1cc2nccc(Oc3ccc(NC(=O)OCCCOc4ccc(F)cc4)cc3)c2cc1OC. The highest BCUT2D eigenvalue weighted by atomic mass is 19.1. The summed E-state index contributed by atoms with van der Waals surface area (Å²) in [5.74, 6) is 2.56. The number of anilines is 1. The molecule has 0 radical (unpaired) electrons. The van der Waals surface area contributed by atoms with E-state index in [-0.39, 0.29) is 12.4 Å². The largest absolute Gasteiger partial charge is 0.493 e. The molecule has 1 aromatic heterocycles. The summed E-state index contributed by atoms with van der Waals surface area (Å²) in [6, 6.07) is 18.0. The number of fused-ring (bicyclic) bond motifs is 1. The first-order valence-electron chi connectivity index (χ1n) is 11.2. The molecule has 1 amide bonds. The van der Waals surface area contributed by atoms with Crippen molar-refractivity contribution in [2.45, 2.75) is 6.42 Å². The molecule has 1 heterocycles. The Morgan fingerprint density at radius 3 is 2.28 bits per heavy atom. The molecule has 0 saturated heterocycles. The van der Waals surface area contributed by atoms with Crippen molar-refractivity contribution in [1.29, 1.82) is 0 Å². The second-order valence-corrected chi connectivity index (χ2v) is 7.58. The summed E-state index contributed by atoms with van der Waals surface area (Å²) in [5.41, 5.74) is 1.26. The number of halogens is 1. The summed E-state index contributed by atoms with van der Waals surface area (Å²) in [7, 11) is 3.14. The average molecular weight is 493 g/mol. The molecular weight excluding hydrogens is 467 g/mol. The Hall–Kier alpha value is -4.53. The lowest BCUT2D eigenvalue weighted by Gasteiger charge is -2.13. The van der Waals surface area contributed by atoms with Gasteiger partial charge in [0.25, 0.3) is 0 Å². The van der Waals surface area contributed by atoms with Crippen molar-refractivity contribution in [2.24, 2.45) is 0 Å². The monoisotopic (exact) mass is 492 g/mol. The molecule has 3 aromatic carbocycles. The Bertz CT molecular complexity index is 1310. The number of carbonyl (C=O) groups excluding carboxylic acids is 1. The molecule has 0 fully saturated rings. The van der Waals surface area contributed by atoms with Gasteiger partial charge in [0.05, 0.1) is 33.0 Å². The van der Waals surface area contributed by atoms with E-state index < -0.39 is 6.09 Å². The van der Waals surface area contributed by atoms with Crippen LogP contribution in [0.5, 0.6) is 28.7 Å². The van der Waals surface area contributed by atoms with E-state index in [0.717, 1.165) is 5.39 Å². The zero-order valence-corrected chi connectivity index (χ0v) is 19.8. The van der Waals surface area contributed by atoms with Crippen LogP contribution in [-0.4, -0.2) is 38.5 Å². The zero-order valence-electron chi connectivity index (χ0n) is 19.8. The van der Waals surface area contributed by atoms with E-state index in [2.05, 4.69) is 10.3 Å². The standard InChI is InChI=1S/C27H25FN2O6/c1-32-25-16-22-23(17-26(25)33-2)29-13-12-24(22)36-21-10-6-19(7-11-21)30-27(31)35-15-3-14-34-20-8-4-18(28)5-9-20/h4-13,16-17H,3,14-15H2,1-2H3,(H,30,31). The summed E-state index contributed by atoms with van der Waals surface area (Å²) in [6.45, 7) is 0.519. The minimum absolute atomic E-state index is 0.178. The van der Waals surface area contributed by atoms with E-state index in [9.17, 15) is 9.18 Å². The number of pyridine rings is 1. The normalized spacial score (nSPS) is 10.5. The van der Waals surface area contributed by atoms with Crippen molar-refractivity contribution >= 4 is 22.7 Å². The van der Waals surface area contributed by atoms with Gasteiger partial charge in [-0.1, -0.05) is 0 Å². The van der Waals surface area contributed by atoms with Gasteiger partial charge in [-0.3, -0.25) is 10.3 Å². The fourth-order valence-electron chi connectivity index (χ4n) is 3.37. The molecule has 4 rings (SSSR count). The van der Waals surface area contributed by atoms with Crippen LogP contribution in [0.15, 0.2) is 72.9 Å². The molecule has 1 N–H and O–H groups in total. The molecule has 0 aliphatic carbocycles. The molecule has 0 unspecified atom stereocenters. The fourth-order valence-corrected chi connectivity index (χ4v) is 3.37. The number of hydrogen-bond donors (Lipinski definition) is 1. The van der Waals surface area contributed by atoms with Gasteiger partial charge in [0.2, 0.25) is 0 Å². The van der Waals surface area contributed by atoms with Gasteiger partial charge in [-0.05, 0) is 60.7 Å². The molecule has 0 bridgehead atoms. The predicted molar refractivity (Wildman–Crippen MR) is 133 cm³/mol. The summed E-state index contributed by atoms with van der Waals surface area (Å²) in [6.07, 6.45) is 1.57. The minimum Gasteiger partial charge on any atom is -0.493 e. The highest BCUT2D eigenvalue weighted by molar-refractivity contribution is 5.88. The van der Waals surface area contributed by atoms with Gasteiger partial charge in [-0.25, -0.2) is 9.18 Å². The third-order valence-electron chi connectivity index (χ3n) is 5.14. The van der Waals surface area contributed by atoms with Crippen LogP contribution in [0.25, 0.3) is 10.9 Å². The first kappa shape index (κ1) is 24.6. The maximum absolute atomic E-state index is 12.9. The quantitative estimate of drug-likeness (QED) is 0.264. The molecule has 8 nitrogen and oxygen atoms in total. The number of methoxy groups -OCH3 is 2. The number of ether oxygens (including phenoxy) is 5. The van der Waals surface area contributed by atoms with E-state index >= 15 is 0 Å². The Kier molecular flexibility index (Phi) is 8.02. The Balaban J connectivity index is 1.28. The number of benzene rings is 3. The molecule has 0 aliphatic rings. The van der Waals surface area contributed by atoms with E-state index in [1.165, 1.54) is 12.1 Å². The van der Waals surface area contributed by atoms with Crippen molar-refractivity contribution in [3.63, 3.8) is 0 Å². The fraction of sp³-hybridized carbons (Fsp3) is 0.185. The van der Waals surface area contributed by atoms with Crippen molar-refractivity contribution < 1.29 is 32.9 Å². The number of nitrogens with one attached hydrogen (secondary N) is 1. The number of rotatable bonds is 10. The number of nitrogens with zero attached hydrogens (tertiary/aromatic N) is 1. The maximum atomic E-state index is 12.9. The van der Waals surface area contributed by atoms with Crippen molar-refractivity contribution in [1.82, 2.24) is 4.98 Å². The minimum atomic E-state index is -0.577. The van der Waals surface area contributed by atoms with Crippen LogP contribution in [0.4, 0.5) is 14.9 Å². The molecule has 4 aromatic rings. The van der Waals surface area contributed by atoms with Gasteiger partial charge >= 0.3 is 6.09 Å². The number of carbonyl (C=O) groups is 1. The summed E-state index contributed by atoms with van der Waals surface area (Å²) >= 11 is 0. The average Bonchev–Trinajstić information content (AvgIpc) is 2.90. The highest BCUT2D eigenvalue weighted by Gasteiger charge is 2.11. The third-order valence-corrected chi connectivity index (χ3v) is 5.14. The lowest BCUT2D eigenvalue weighted by atomic mass is 10.2. The number of amides is 1. The van der Waals surface area contributed by atoms with E-state index in [4.69, 9.17) is 23.7 Å². The Labute approximate surface area is 207 Å². The first-order valence-corrected chi connectivity index (χ1v) is 11.2. The smallest absolute Gasteiger partial charge is 0.411 e. The van der Waals surface area contributed by atoms with Crippen LogP contribution < -0.4 is 24.3 Å². The van der Waals surface area contributed by atoms with Gasteiger partial charge < -0.3 is 23.7 Å². The topological polar surface area (TPSA) is 88.1 Å². The van der Waals surface area contributed by atoms with Crippen LogP contribution >= 0.6 is 0 Å². The van der Waals surface area contributed by atoms with Crippen molar-refractivity contribution in [3.8, 4) is 28.7 Å². The van der Waals surface area contributed by atoms with Crippen LogP contribution in [-0.2, 0) is 4.74 Å². The van der Waals surface area contributed by atoms with Crippen LogP contribution in [0.3, 0.4) is 0 Å². The zero-order chi connectivity index (χ0) is 25.3. The maximum Gasteiger partial charge on any atom is 0.411 e. The highest BCUT2D eigenvalue weighted by Crippen LogP contribution is 2.37. The molecule has 0 aliphatic heterocycles. The summed E-state index contributed by atoms with van der Waals surface area (Å²) < 4.78 is 40.3. The molecule has 0 spiro atoms. The van der Waals surface area contributed by atoms with E-state index in [0.29, 0.717) is 53.0 Å². The van der Waals surface area contributed by atoms with Gasteiger partial charge in [0, 0.05) is 29.8 Å². The predicted octanol–water partition coefficient (Wildman–Crippen LogP) is 6.20. The van der Waals surface area contributed by atoms with Crippen molar-refractivity contribution in [3.05, 3.63) is 78.7 Å². The van der Waals surface area contributed by atoms with Crippen molar-refractivity contribution in [2.75, 3.05) is 32.8 Å². The first-order chi connectivity index (χ1) is 17.6. The third kappa shape index (κ3) is 6.32. The van der Waals surface area contributed by atoms with E-state index in [1.807, 2.05) is 6.07 Å². The lowest BCUT2D eigenvalue weighted by molar-refractivity contribution is 0.152. The van der Waals surface area contributed by atoms with Crippen LogP contribution in [0.1, 0.15) is 6.42 Å². The molecule has 186 valence electrons. The molecular formula is C27H25FN2O6. The van der Waals surface area contributed by atoms with Gasteiger partial charge in [0.1, 0.15) is 23.1 Å². The molecule has 0 saturated carbocycles. The Morgan fingerprint density at radius 2 is 1.56 bits per heavy atom. The van der Waals surface area contributed by atoms with Gasteiger partial charge in [0.15, 0.2) is 11.5 Å². The van der Waals surface area contributed by atoms with Gasteiger partial charge in [-0.2, -0.15) is 0 Å². The van der Waals surface area contributed by atoms with Gasteiger partial charge in [-0.15, -0.1) is 0 Å². The number of hydrogen-bond acceptors (Lipinski definition) is 7. The molecule has 9 heteroatoms. The lowest BCUT2D eigenvalue weighted by Crippen LogP contribution is -2.15. The molecule has 36 heavy (non-hydrogen) atoms. The van der Waals surface area contributed by atoms with Crippen LogP contribution in [0.2, 0.25) is 0 Å². The summed E-state index contributed by atoms with van der Waals surface area (Å²) in [4.78, 5) is 16.4.